The van der Waals surface area contributed by atoms with Gasteiger partial charge in [0.15, 0.2) is 5.75 Å². The van der Waals surface area contributed by atoms with Gasteiger partial charge in [-0.05, 0) is 49.2 Å². The van der Waals surface area contributed by atoms with Gasteiger partial charge in [-0.15, -0.1) is 0 Å². The van der Waals surface area contributed by atoms with E-state index in [0.29, 0.717) is 31.9 Å². The van der Waals surface area contributed by atoms with E-state index in [2.05, 4.69) is 17.1 Å². The third-order valence-corrected chi connectivity index (χ3v) is 6.47. The second-order valence-corrected chi connectivity index (χ2v) is 9.00. The van der Waals surface area contributed by atoms with Gasteiger partial charge in [0.2, 0.25) is 0 Å². The largest absolute Gasteiger partial charge is 0.497 e. The van der Waals surface area contributed by atoms with Crippen molar-refractivity contribution in [2.45, 2.75) is 26.4 Å². The van der Waals surface area contributed by atoms with Crippen LogP contribution in [-0.2, 0) is 6.54 Å². The number of hydrogen-bond acceptors (Lipinski definition) is 5. The molecule has 7 heteroatoms. The Kier molecular flexibility index (Phi) is 6.31. The Morgan fingerprint density at radius 2 is 1.91 bits per heavy atom. The number of methoxy groups -OCH3 is 1. The molecule has 0 radical (unpaired) electrons. The molecule has 0 unspecified atom stereocenters. The summed E-state index contributed by atoms with van der Waals surface area (Å²) in [6.07, 6.45) is 0. The smallest absolute Gasteiger partial charge is 0.318 e. The van der Waals surface area contributed by atoms with Gasteiger partial charge in [0.05, 0.1) is 12.7 Å². The summed E-state index contributed by atoms with van der Waals surface area (Å²) < 4.78 is 11.8. The quantitative estimate of drug-likeness (QED) is 0.578. The molecular weight excluding hydrogens is 440 g/mol. The van der Waals surface area contributed by atoms with Crippen molar-refractivity contribution in [3.05, 3.63) is 83.4 Å². The molecular formula is C28H30N4O3. The number of hydrogen-bond donors (Lipinski definition) is 1. The summed E-state index contributed by atoms with van der Waals surface area (Å²) in [7, 11) is 1.65. The molecule has 0 aliphatic carbocycles. The predicted molar refractivity (Wildman–Crippen MR) is 137 cm³/mol. The number of rotatable bonds is 3. The van der Waals surface area contributed by atoms with E-state index in [9.17, 15) is 4.79 Å². The van der Waals surface area contributed by atoms with Crippen molar-refractivity contribution in [3.63, 3.8) is 0 Å². The lowest BCUT2D eigenvalue weighted by Crippen LogP contribution is -2.57. The molecule has 3 aromatic rings. The zero-order chi connectivity index (χ0) is 24.4. The van der Waals surface area contributed by atoms with Crippen molar-refractivity contribution in [1.82, 2.24) is 15.1 Å². The SMILES string of the molecule is COc1ccc2c(c1)Oc1cc(C)ccc1N=C2N1CCN(C(=O)NCc2ccccc2)[C@@H](C)C1. The standard InChI is InChI=1S/C28H30N4O3/c1-19-9-12-24-26(15-19)35-25-16-22(34-3)10-11-23(25)27(30-24)31-13-14-32(20(2)18-31)28(33)29-17-21-7-5-4-6-8-21/h4-12,15-16,20H,13-14,17-18H2,1-3H3,(H,29,33)/t20-/m0/s1. The minimum absolute atomic E-state index is 0.0191. The number of amides is 2. The van der Waals surface area contributed by atoms with Gasteiger partial charge >= 0.3 is 6.03 Å². The van der Waals surface area contributed by atoms with E-state index < -0.39 is 0 Å². The van der Waals surface area contributed by atoms with Crippen molar-refractivity contribution in [2.75, 3.05) is 26.7 Å². The molecule has 180 valence electrons. The van der Waals surface area contributed by atoms with Gasteiger partial charge in [0, 0.05) is 38.3 Å². The number of ether oxygens (including phenoxy) is 2. The van der Waals surface area contributed by atoms with Gasteiger partial charge in [-0.25, -0.2) is 9.79 Å². The first-order chi connectivity index (χ1) is 17.0. The van der Waals surface area contributed by atoms with Gasteiger partial charge in [-0.2, -0.15) is 0 Å². The average molecular weight is 471 g/mol. The molecule has 7 nitrogen and oxygen atoms in total. The van der Waals surface area contributed by atoms with Crippen molar-refractivity contribution >= 4 is 17.6 Å². The molecule has 3 aromatic carbocycles. The van der Waals surface area contributed by atoms with Crippen LogP contribution in [0.15, 0.2) is 71.7 Å². The summed E-state index contributed by atoms with van der Waals surface area (Å²) in [5, 5.41) is 3.05. The van der Waals surface area contributed by atoms with Gasteiger partial charge in [-0.3, -0.25) is 0 Å². The van der Waals surface area contributed by atoms with Crippen LogP contribution in [0.1, 0.15) is 23.6 Å². The van der Waals surface area contributed by atoms with E-state index >= 15 is 0 Å². The normalized spacial score (nSPS) is 16.9. The Morgan fingerprint density at radius 3 is 2.69 bits per heavy atom. The van der Waals surface area contributed by atoms with Gasteiger partial charge < -0.3 is 24.6 Å². The van der Waals surface area contributed by atoms with Crippen LogP contribution in [0.25, 0.3) is 0 Å². The van der Waals surface area contributed by atoms with Crippen LogP contribution in [0, 0.1) is 6.92 Å². The molecule has 1 atom stereocenters. The van der Waals surface area contributed by atoms with E-state index in [1.807, 2.05) is 78.6 Å². The number of amidine groups is 1. The van der Waals surface area contributed by atoms with Gasteiger partial charge in [-0.1, -0.05) is 36.4 Å². The van der Waals surface area contributed by atoms with Crippen LogP contribution in [0.5, 0.6) is 17.2 Å². The van der Waals surface area contributed by atoms with Crippen LogP contribution >= 0.6 is 0 Å². The van der Waals surface area contributed by atoms with Crippen LogP contribution in [0.3, 0.4) is 0 Å². The summed E-state index contributed by atoms with van der Waals surface area (Å²) in [6, 6.07) is 21.8. The van der Waals surface area contributed by atoms with E-state index in [-0.39, 0.29) is 12.1 Å². The Balaban J connectivity index is 1.37. The molecule has 0 saturated carbocycles. The lowest BCUT2D eigenvalue weighted by molar-refractivity contribution is 0.134. The summed E-state index contributed by atoms with van der Waals surface area (Å²) >= 11 is 0. The van der Waals surface area contributed by atoms with Crippen LogP contribution in [0.2, 0.25) is 0 Å². The highest BCUT2D eigenvalue weighted by Gasteiger charge is 2.31. The van der Waals surface area contributed by atoms with Gasteiger partial charge in [0.1, 0.15) is 23.0 Å². The minimum Gasteiger partial charge on any atom is -0.497 e. The summed E-state index contributed by atoms with van der Waals surface area (Å²) in [6.45, 7) is 6.58. The maximum absolute atomic E-state index is 12.9. The first-order valence-electron chi connectivity index (χ1n) is 11.9. The molecule has 1 N–H and O–H groups in total. The Morgan fingerprint density at radius 1 is 1.09 bits per heavy atom. The average Bonchev–Trinajstić information content (AvgIpc) is 3.03. The maximum atomic E-state index is 12.9. The molecule has 35 heavy (non-hydrogen) atoms. The molecule has 2 heterocycles. The van der Waals surface area contributed by atoms with Crippen molar-refractivity contribution in [3.8, 4) is 17.2 Å². The Hall–Kier alpha value is -4.00. The molecule has 0 bridgehead atoms. The third kappa shape index (κ3) is 4.80. The number of carbonyl (C=O) groups is 1. The number of urea groups is 1. The number of piperazine rings is 1. The number of nitrogens with zero attached hydrogens (tertiary/aromatic N) is 3. The summed E-state index contributed by atoms with van der Waals surface area (Å²) in [5.41, 5.74) is 3.89. The zero-order valence-electron chi connectivity index (χ0n) is 20.3. The van der Waals surface area contributed by atoms with E-state index in [4.69, 9.17) is 14.5 Å². The van der Waals surface area contributed by atoms with E-state index in [1.165, 1.54) is 0 Å². The van der Waals surface area contributed by atoms with Crippen molar-refractivity contribution < 1.29 is 14.3 Å². The maximum Gasteiger partial charge on any atom is 0.318 e. The second kappa shape index (κ2) is 9.70. The van der Waals surface area contributed by atoms with Crippen LogP contribution in [0.4, 0.5) is 10.5 Å². The fourth-order valence-corrected chi connectivity index (χ4v) is 4.55. The lowest BCUT2D eigenvalue weighted by atomic mass is 10.1. The van der Waals surface area contributed by atoms with Crippen molar-refractivity contribution in [2.24, 2.45) is 4.99 Å². The molecule has 2 amide bonds. The third-order valence-electron chi connectivity index (χ3n) is 6.47. The Bertz CT molecular complexity index is 1260. The number of fused-ring (bicyclic) bond motifs is 2. The monoisotopic (exact) mass is 470 g/mol. The topological polar surface area (TPSA) is 66.4 Å². The highest BCUT2D eigenvalue weighted by atomic mass is 16.5. The van der Waals surface area contributed by atoms with E-state index in [0.717, 1.165) is 39.7 Å². The van der Waals surface area contributed by atoms with Crippen LogP contribution in [-0.4, -0.2) is 54.5 Å². The van der Waals surface area contributed by atoms with Gasteiger partial charge in [0.25, 0.3) is 0 Å². The molecule has 1 fully saturated rings. The molecule has 2 aliphatic rings. The number of carbonyl (C=O) groups excluding carboxylic acids is 1. The molecule has 1 saturated heterocycles. The fraction of sp³-hybridized carbons (Fsp3) is 0.286. The summed E-state index contributed by atoms with van der Waals surface area (Å²) in [5.74, 6) is 3.01. The van der Waals surface area contributed by atoms with Crippen molar-refractivity contribution in [1.29, 1.82) is 0 Å². The minimum atomic E-state index is -0.0434. The number of benzene rings is 3. The number of nitrogens with one attached hydrogen (secondary N) is 1. The zero-order valence-corrected chi connectivity index (χ0v) is 20.3. The highest BCUT2D eigenvalue weighted by Crippen LogP contribution is 2.40. The lowest BCUT2D eigenvalue weighted by Gasteiger charge is -2.41. The molecule has 2 aliphatic heterocycles. The van der Waals surface area contributed by atoms with E-state index in [1.54, 1.807) is 7.11 Å². The highest BCUT2D eigenvalue weighted by molar-refractivity contribution is 6.04. The Labute approximate surface area is 206 Å². The molecule has 0 aromatic heterocycles. The molecule has 5 rings (SSSR count). The summed E-state index contributed by atoms with van der Waals surface area (Å²) in [4.78, 5) is 22.1. The fourth-order valence-electron chi connectivity index (χ4n) is 4.55. The first-order valence-corrected chi connectivity index (χ1v) is 11.9. The van der Waals surface area contributed by atoms with Crippen LogP contribution < -0.4 is 14.8 Å². The first kappa shape index (κ1) is 22.8. The predicted octanol–water partition coefficient (Wildman–Crippen LogP) is 5.10. The number of aliphatic imine (C=N–C) groups is 1. The molecule has 0 spiro atoms. The second-order valence-electron chi connectivity index (χ2n) is 9.00. The number of aryl methyl sites for hydroxylation is 1.